The van der Waals surface area contributed by atoms with E-state index in [0.717, 1.165) is 29.0 Å². The fourth-order valence-electron chi connectivity index (χ4n) is 4.35. The summed E-state index contributed by atoms with van der Waals surface area (Å²) in [6, 6.07) is 16.1. The fraction of sp³-hybridized carbons (Fsp3) is 0.423. The highest BCUT2D eigenvalue weighted by atomic mass is 16.5. The molecule has 2 aromatic carbocycles. The van der Waals surface area contributed by atoms with Crippen molar-refractivity contribution in [2.24, 2.45) is 0 Å². The van der Waals surface area contributed by atoms with Crippen LogP contribution in [0.15, 0.2) is 48.5 Å². The highest BCUT2D eigenvalue weighted by Gasteiger charge is 2.35. The summed E-state index contributed by atoms with van der Waals surface area (Å²) in [5.41, 5.74) is 3.92. The van der Waals surface area contributed by atoms with Crippen LogP contribution in [-0.4, -0.2) is 34.1 Å². The third-order valence-corrected chi connectivity index (χ3v) is 5.90. The number of para-hydroxylation sites is 2. The molecule has 0 radical (unpaired) electrons. The molecule has 1 saturated heterocycles. The van der Waals surface area contributed by atoms with Crippen molar-refractivity contribution in [3.05, 3.63) is 59.9 Å². The van der Waals surface area contributed by atoms with E-state index in [9.17, 15) is 9.59 Å². The lowest BCUT2D eigenvalue weighted by molar-refractivity contribution is -0.148. The number of aryl methyl sites for hydroxylation is 1. The van der Waals surface area contributed by atoms with Crippen LogP contribution in [-0.2, 0) is 27.3 Å². The van der Waals surface area contributed by atoms with E-state index in [1.54, 1.807) is 0 Å². The van der Waals surface area contributed by atoms with Gasteiger partial charge in [0.2, 0.25) is 5.91 Å². The first-order valence-corrected chi connectivity index (χ1v) is 11.5. The van der Waals surface area contributed by atoms with Crippen molar-refractivity contribution in [3.8, 4) is 0 Å². The van der Waals surface area contributed by atoms with Gasteiger partial charge in [-0.3, -0.25) is 9.59 Å². The highest BCUT2D eigenvalue weighted by molar-refractivity contribution is 5.96. The Morgan fingerprint density at radius 3 is 2.62 bits per heavy atom. The summed E-state index contributed by atoms with van der Waals surface area (Å²) in [7, 11) is 0. The van der Waals surface area contributed by atoms with E-state index in [4.69, 9.17) is 9.72 Å². The third-order valence-electron chi connectivity index (χ3n) is 5.90. The molecule has 0 saturated carbocycles. The molecule has 0 N–H and O–H groups in total. The largest absolute Gasteiger partial charge is 0.462 e. The van der Waals surface area contributed by atoms with Crippen LogP contribution in [0.25, 0.3) is 11.0 Å². The quantitative estimate of drug-likeness (QED) is 0.476. The second-order valence-electron chi connectivity index (χ2n) is 8.76. The van der Waals surface area contributed by atoms with Crippen molar-refractivity contribution in [2.45, 2.75) is 65.0 Å². The van der Waals surface area contributed by atoms with Gasteiger partial charge in [0.15, 0.2) is 0 Å². The van der Waals surface area contributed by atoms with Crippen LogP contribution >= 0.6 is 0 Å². The van der Waals surface area contributed by atoms with E-state index in [1.807, 2.05) is 59.7 Å². The second kappa shape index (κ2) is 9.55. The van der Waals surface area contributed by atoms with E-state index in [2.05, 4.69) is 19.1 Å². The molecule has 4 rings (SSSR count). The molecule has 1 atom stereocenters. The summed E-state index contributed by atoms with van der Waals surface area (Å²) in [5.74, 6) is 0.469. The van der Waals surface area contributed by atoms with Gasteiger partial charge in [0.05, 0.1) is 17.1 Å². The predicted molar refractivity (Wildman–Crippen MR) is 126 cm³/mol. The molecule has 1 aliphatic rings. The van der Waals surface area contributed by atoms with Crippen LogP contribution in [0, 0.1) is 0 Å². The Hall–Kier alpha value is -3.15. The van der Waals surface area contributed by atoms with Crippen LogP contribution in [0.2, 0.25) is 0 Å². The first-order valence-electron chi connectivity index (χ1n) is 11.5. The molecular weight excluding hydrogens is 402 g/mol. The maximum Gasteiger partial charge on any atom is 0.326 e. The number of nitrogens with zero attached hydrogens (tertiary/aromatic N) is 3. The maximum atomic E-state index is 12.9. The van der Waals surface area contributed by atoms with Gasteiger partial charge in [-0.1, -0.05) is 37.6 Å². The lowest BCUT2D eigenvalue weighted by Crippen LogP contribution is -2.25. The number of carbonyl (C=O) groups is 2. The summed E-state index contributed by atoms with van der Waals surface area (Å²) in [6.07, 6.45) is 3.59. The molecule has 1 fully saturated rings. The summed E-state index contributed by atoms with van der Waals surface area (Å²) in [4.78, 5) is 32.0. The highest BCUT2D eigenvalue weighted by Crippen LogP contribution is 2.33. The first-order chi connectivity index (χ1) is 15.5. The van der Waals surface area contributed by atoms with Crippen molar-refractivity contribution in [3.63, 3.8) is 0 Å². The number of esters is 1. The van der Waals surface area contributed by atoms with E-state index in [0.29, 0.717) is 13.0 Å². The Bertz CT molecular complexity index is 1100. The minimum atomic E-state index is -0.298. The SMILES string of the molecule is CCCCc1ccc(N2C[C@@H](c3nc4ccccc4n3CC(=O)OC(C)C)CC2=O)cc1. The topological polar surface area (TPSA) is 64.4 Å². The Balaban J connectivity index is 1.59. The summed E-state index contributed by atoms with van der Waals surface area (Å²) < 4.78 is 7.29. The summed E-state index contributed by atoms with van der Waals surface area (Å²) in [5, 5.41) is 0. The Kier molecular flexibility index (Phi) is 6.58. The molecule has 1 aromatic heterocycles. The second-order valence-corrected chi connectivity index (χ2v) is 8.76. The number of amides is 1. The molecule has 0 aliphatic carbocycles. The normalized spacial score (nSPS) is 16.3. The lowest BCUT2D eigenvalue weighted by atomic mass is 10.1. The zero-order valence-corrected chi connectivity index (χ0v) is 19.1. The number of fused-ring (bicyclic) bond motifs is 1. The number of anilines is 1. The molecule has 168 valence electrons. The van der Waals surface area contributed by atoms with Gasteiger partial charge in [-0.15, -0.1) is 0 Å². The average molecular weight is 434 g/mol. The molecule has 0 bridgehead atoms. The molecule has 0 spiro atoms. The van der Waals surface area contributed by atoms with Crippen molar-refractivity contribution in [1.29, 1.82) is 0 Å². The number of ether oxygens (including phenoxy) is 1. The number of carbonyl (C=O) groups excluding carboxylic acids is 2. The number of hydrogen-bond donors (Lipinski definition) is 0. The van der Waals surface area contributed by atoms with Crippen LogP contribution in [0.5, 0.6) is 0 Å². The maximum absolute atomic E-state index is 12.9. The van der Waals surface area contributed by atoms with Gasteiger partial charge in [-0.05, 0) is 56.5 Å². The number of imidazole rings is 1. The standard InChI is InChI=1S/C26H31N3O3/c1-4-5-8-19-11-13-21(14-12-19)28-16-20(15-24(28)30)26-27-22-9-6-7-10-23(22)29(26)17-25(31)32-18(2)3/h6-7,9-14,18,20H,4-5,8,15-17H2,1-3H3/t20-/m0/s1. The monoisotopic (exact) mass is 433 g/mol. The van der Waals surface area contributed by atoms with Gasteiger partial charge < -0.3 is 14.2 Å². The molecule has 6 nitrogen and oxygen atoms in total. The Morgan fingerprint density at radius 1 is 1.16 bits per heavy atom. The molecule has 2 heterocycles. The first kappa shape index (κ1) is 22.1. The molecule has 1 aliphatic heterocycles. The average Bonchev–Trinajstić information content (AvgIpc) is 3.33. The number of hydrogen-bond acceptors (Lipinski definition) is 4. The van der Waals surface area contributed by atoms with Crippen molar-refractivity contribution in [1.82, 2.24) is 9.55 Å². The summed E-state index contributed by atoms with van der Waals surface area (Å²) in [6.45, 7) is 6.51. The third kappa shape index (κ3) is 4.69. The van der Waals surface area contributed by atoms with E-state index < -0.39 is 0 Å². The molecule has 1 amide bonds. The van der Waals surface area contributed by atoms with Crippen LogP contribution < -0.4 is 4.90 Å². The smallest absolute Gasteiger partial charge is 0.326 e. The minimum absolute atomic E-state index is 0.0819. The van der Waals surface area contributed by atoms with Gasteiger partial charge in [0.1, 0.15) is 12.4 Å². The lowest BCUT2D eigenvalue weighted by Gasteiger charge is -2.18. The van der Waals surface area contributed by atoms with Crippen LogP contribution in [0.4, 0.5) is 5.69 Å². The molecule has 32 heavy (non-hydrogen) atoms. The Morgan fingerprint density at radius 2 is 1.91 bits per heavy atom. The summed E-state index contributed by atoms with van der Waals surface area (Å²) >= 11 is 0. The predicted octanol–water partition coefficient (Wildman–Crippen LogP) is 4.85. The van der Waals surface area contributed by atoms with Crippen molar-refractivity contribution >= 4 is 28.6 Å². The van der Waals surface area contributed by atoms with E-state index in [-0.39, 0.29) is 30.4 Å². The molecule has 3 aromatic rings. The number of rotatable bonds is 8. The van der Waals surface area contributed by atoms with Gasteiger partial charge >= 0.3 is 5.97 Å². The van der Waals surface area contributed by atoms with Gasteiger partial charge in [0, 0.05) is 24.6 Å². The molecule has 0 unspecified atom stereocenters. The van der Waals surface area contributed by atoms with E-state index >= 15 is 0 Å². The molecular formula is C26H31N3O3. The number of aromatic nitrogens is 2. The number of benzene rings is 2. The molecule has 6 heteroatoms. The number of unbranched alkanes of at least 4 members (excludes halogenated alkanes) is 1. The van der Waals surface area contributed by atoms with Gasteiger partial charge in [-0.2, -0.15) is 0 Å². The van der Waals surface area contributed by atoms with Gasteiger partial charge in [-0.25, -0.2) is 4.98 Å². The van der Waals surface area contributed by atoms with Crippen LogP contribution in [0.1, 0.15) is 57.3 Å². The minimum Gasteiger partial charge on any atom is -0.462 e. The van der Waals surface area contributed by atoms with Crippen LogP contribution in [0.3, 0.4) is 0 Å². The Labute approximate surface area is 189 Å². The zero-order chi connectivity index (χ0) is 22.7. The van der Waals surface area contributed by atoms with Crippen molar-refractivity contribution in [2.75, 3.05) is 11.4 Å². The van der Waals surface area contributed by atoms with Crippen molar-refractivity contribution < 1.29 is 14.3 Å². The zero-order valence-electron chi connectivity index (χ0n) is 19.1. The van der Waals surface area contributed by atoms with Gasteiger partial charge in [0.25, 0.3) is 0 Å². The van der Waals surface area contributed by atoms with E-state index in [1.165, 1.54) is 18.4 Å². The fourth-order valence-corrected chi connectivity index (χ4v) is 4.35.